The normalized spacial score (nSPS) is 54.3. The van der Waals surface area contributed by atoms with Gasteiger partial charge in [-0.15, -0.1) is 0 Å². The van der Waals surface area contributed by atoms with Crippen LogP contribution >= 0.6 is 0 Å². The number of aliphatic hydroxyl groups excluding tert-OH is 5. The molecule has 7 rings (SSSR count). The van der Waals surface area contributed by atoms with E-state index >= 15 is 0 Å². The van der Waals surface area contributed by atoms with E-state index in [0.29, 0.717) is 44.9 Å². The van der Waals surface area contributed by atoms with Crippen molar-refractivity contribution in [1.82, 2.24) is 0 Å². The monoisotopic (exact) mass is 696 g/mol. The summed E-state index contributed by atoms with van der Waals surface area (Å²) in [5.74, 6) is -0.688. The van der Waals surface area contributed by atoms with Gasteiger partial charge in [-0.2, -0.15) is 0 Å². The maximum absolute atomic E-state index is 13.2. The highest BCUT2D eigenvalue weighted by molar-refractivity contribution is 5.85. The van der Waals surface area contributed by atoms with Crippen LogP contribution in [0.5, 0.6) is 0 Å². The highest BCUT2D eigenvalue weighted by Gasteiger charge is 2.71. The van der Waals surface area contributed by atoms with Crippen LogP contribution in [0.3, 0.4) is 0 Å². The van der Waals surface area contributed by atoms with E-state index in [1.165, 1.54) is 0 Å². The van der Waals surface area contributed by atoms with Crippen molar-refractivity contribution in [3.8, 4) is 0 Å². The van der Waals surface area contributed by atoms with Gasteiger partial charge in [-0.3, -0.25) is 0 Å². The molecule has 0 aromatic rings. The van der Waals surface area contributed by atoms with Gasteiger partial charge in [0.25, 0.3) is 0 Å². The van der Waals surface area contributed by atoms with E-state index in [9.17, 15) is 45.3 Å². The van der Waals surface area contributed by atoms with Crippen molar-refractivity contribution < 1.29 is 69.0 Å². The van der Waals surface area contributed by atoms with Crippen molar-refractivity contribution in [2.24, 2.45) is 28.6 Å². The summed E-state index contributed by atoms with van der Waals surface area (Å²) in [4.78, 5) is 25.0. The van der Waals surface area contributed by atoms with Gasteiger partial charge in [-0.25, -0.2) is 4.79 Å². The third-order valence-corrected chi connectivity index (χ3v) is 14.0. The Labute approximate surface area is 285 Å². The van der Waals surface area contributed by atoms with Gasteiger partial charge in [0.1, 0.15) is 43.4 Å². The van der Waals surface area contributed by atoms with Gasteiger partial charge in [-0.05, 0) is 81.6 Å². The van der Waals surface area contributed by atoms with Crippen LogP contribution < -0.4 is 0 Å². The summed E-state index contributed by atoms with van der Waals surface area (Å²) < 4.78 is 28.9. The predicted molar refractivity (Wildman–Crippen MR) is 166 cm³/mol. The molecule has 6 fully saturated rings. The molecule has 14 nitrogen and oxygen atoms in total. The van der Waals surface area contributed by atoms with Gasteiger partial charge in [0.05, 0.1) is 41.5 Å². The number of rotatable bonds is 7. The average molecular weight is 697 g/mol. The Morgan fingerprint density at radius 1 is 0.939 bits per heavy atom. The topological polar surface area (TPSA) is 222 Å². The van der Waals surface area contributed by atoms with Gasteiger partial charge in [0.2, 0.25) is 0 Å². The quantitative estimate of drug-likeness (QED) is 0.102. The third-order valence-electron chi connectivity index (χ3n) is 14.0. The molecule has 0 spiro atoms. The number of cyclic esters (lactones) is 1. The average Bonchev–Trinajstić information content (AvgIpc) is 3.61. The predicted octanol–water partition coefficient (Wildman–Crippen LogP) is -0.397. The van der Waals surface area contributed by atoms with Gasteiger partial charge in [0.15, 0.2) is 12.6 Å². The molecule has 276 valence electrons. The number of ether oxygens (including phenoxy) is 5. The van der Waals surface area contributed by atoms with E-state index in [4.69, 9.17) is 23.7 Å². The molecule has 0 aromatic heterocycles. The summed E-state index contributed by atoms with van der Waals surface area (Å²) in [6.07, 6.45) is -4.38. The Kier molecular flexibility index (Phi) is 9.38. The fourth-order valence-electron chi connectivity index (χ4n) is 11.3. The van der Waals surface area contributed by atoms with E-state index in [-0.39, 0.29) is 43.2 Å². The summed E-state index contributed by atoms with van der Waals surface area (Å²) in [6.45, 7) is 3.42. The number of aldehydes is 1. The van der Waals surface area contributed by atoms with Crippen molar-refractivity contribution in [3.63, 3.8) is 0 Å². The van der Waals surface area contributed by atoms with Crippen molar-refractivity contribution >= 4 is 12.3 Å². The maximum atomic E-state index is 13.2. The van der Waals surface area contributed by atoms with Crippen LogP contribution in [0.1, 0.15) is 78.1 Å². The van der Waals surface area contributed by atoms with Crippen LogP contribution in [0.25, 0.3) is 0 Å². The first-order valence-corrected chi connectivity index (χ1v) is 17.9. The molecule has 3 unspecified atom stereocenters. The molecule has 0 amide bonds. The van der Waals surface area contributed by atoms with E-state index in [0.717, 1.165) is 18.3 Å². The SMILES string of the molecule is C[C@H]1OC(O[C@H]2CC[C@]3(C=O)C4CC[C@]5(C)[C@@H](C6=CC(=O)OC6)CC[C@]5(O)C4CC[C@]3(O)C2)C[C@H](O)[C@@H]1O[C@@H]1O[C@H](CO)[C@@H](O)[C@H](O)[C@H]1O. The van der Waals surface area contributed by atoms with Crippen LogP contribution in [0.4, 0.5) is 0 Å². The first kappa shape index (κ1) is 35.8. The van der Waals surface area contributed by atoms with Gasteiger partial charge in [0, 0.05) is 24.3 Å². The second kappa shape index (κ2) is 12.8. The first-order chi connectivity index (χ1) is 23.2. The lowest BCUT2D eigenvalue weighted by atomic mass is 9.41. The molecule has 3 heterocycles. The number of carbonyl (C=O) groups excluding carboxylic acids is 2. The van der Waals surface area contributed by atoms with Crippen LogP contribution in [0, 0.1) is 28.6 Å². The lowest BCUT2D eigenvalue weighted by Gasteiger charge is -2.65. The molecule has 0 aromatic carbocycles. The summed E-state index contributed by atoms with van der Waals surface area (Å²) in [5.41, 5.74) is -2.94. The molecular weight excluding hydrogens is 644 g/mol. The lowest BCUT2D eigenvalue weighted by molar-refractivity contribution is -0.345. The molecule has 7 N–H and O–H groups in total. The number of aliphatic hydroxyl groups is 7. The molecule has 4 aliphatic carbocycles. The second-order valence-electron chi connectivity index (χ2n) is 16.1. The Bertz CT molecular complexity index is 1300. The summed E-state index contributed by atoms with van der Waals surface area (Å²) >= 11 is 0. The lowest BCUT2D eigenvalue weighted by Crippen LogP contribution is -2.69. The molecule has 2 saturated heterocycles. The Hall–Kier alpha value is -1.56. The fourth-order valence-corrected chi connectivity index (χ4v) is 11.3. The van der Waals surface area contributed by atoms with Crippen molar-refractivity contribution in [1.29, 1.82) is 0 Å². The minimum Gasteiger partial charge on any atom is -0.458 e. The molecule has 0 bridgehead atoms. The van der Waals surface area contributed by atoms with Crippen molar-refractivity contribution in [2.75, 3.05) is 13.2 Å². The molecule has 17 atom stereocenters. The fraction of sp³-hybridized carbons (Fsp3) is 0.886. The zero-order valence-corrected chi connectivity index (χ0v) is 28.1. The highest BCUT2D eigenvalue weighted by atomic mass is 16.7. The zero-order valence-electron chi connectivity index (χ0n) is 28.1. The van der Waals surface area contributed by atoms with E-state index in [2.05, 4.69) is 6.92 Å². The highest BCUT2D eigenvalue weighted by Crippen LogP contribution is 2.70. The smallest absolute Gasteiger partial charge is 0.331 e. The van der Waals surface area contributed by atoms with Gasteiger partial charge < -0.3 is 64.2 Å². The van der Waals surface area contributed by atoms with Crippen molar-refractivity contribution in [2.45, 2.75) is 151 Å². The molecule has 14 heteroatoms. The van der Waals surface area contributed by atoms with Crippen LogP contribution in [0.15, 0.2) is 11.6 Å². The first-order valence-electron chi connectivity index (χ1n) is 17.9. The van der Waals surface area contributed by atoms with Crippen molar-refractivity contribution in [3.05, 3.63) is 11.6 Å². The Balaban J connectivity index is 1.00. The molecule has 49 heavy (non-hydrogen) atoms. The summed E-state index contributed by atoms with van der Waals surface area (Å²) in [5, 5.41) is 75.9. The van der Waals surface area contributed by atoms with Crippen LogP contribution in [0.2, 0.25) is 0 Å². The number of esters is 1. The second-order valence-corrected chi connectivity index (χ2v) is 16.1. The summed E-state index contributed by atoms with van der Waals surface area (Å²) in [6, 6.07) is 0. The number of hydrogen-bond donors (Lipinski definition) is 7. The van der Waals surface area contributed by atoms with E-state index < -0.39 is 90.1 Å². The van der Waals surface area contributed by atoms with E-state index in [1.807, 2.05) is 0 Å². The molecular formula is C35H52O14. The van der Waals surface area contributed by atoms with Gasteiger partial charge >= 0.3 is 5.97 Å². The number of hydrogen-bond acceptors (Lipinski definition) is 14. The molecule has 4 saturated carbocycles. The maximum Gasteiger partial charge on any atom is 0.331 e. The minimum atomic E-state index is -1.62. The molecule has 3 aliphatic heterocycles. The Morgan fingerprint density at radius 2 is 1.69 bits per heavy atom. The van der Waals surface area contributed by atoms with E-state index in [1.54, 1.807) is 13.0 Å². The molecule has 7 aliphatic rings. The Morgan fingerprint density at radius 3 is 2.37 bits per heavy atom. The zero-order chi connectivity index (χ0) is 35.1. The van der Waals surface area contributed by atoms with Crippen LogP contribution in [-0.2, 0) is 33.3 Å². The standard InChI is InChI=1S/C35H52O14/c1-17-30(49-31-29(42)28(41)27(40)24(14-36)48-31)23(38)12-26(46-17)47-19-3-8-33(16-37)21-4-7-32(2)20(18-11-25(39)45-15-18)6-10-35(32,44)22(21)5-9-34(33,43)13-19/h11,16-17,19-24,26-31,36,38,40-44H,3-10,12-15H2,1-2H3/t17-,19+,20-,21?,22?,23+,24-,26?,27-,28+,29-,30-,31+,32-,33+,34+,35+/m1/s1. The third kappa shape index (κ3) is 5.47. The largest absolute Gasteiger partial charge is 0.458 e. The number of fused-ring (bicyclic) bond motifs is 5. The number of carbonyl (C=O) groups is 2. The minimum absolute atomic E-state index is 0.00470. The summed E-state index contributed by atoms with van der Waals surface area (Å²) in [7, 11) is 0. The van der Waals surface area contributed by atoms with Crippen LogP contribution in [-0.4, -0.2) is 134 Å². The molecule has 0 radical (unpaired) electrons. The van der Waals surface area contributed by atoms with Gasteiger partial charge in [-0.1, -0.05) is 6.92 Å².